The average Bonchev–Trinajstić information content (AvgIpc) is 2.98. The second-order valence-electron chi connectivity index (χ2n) is 12.0. The summed E-state index contributed by atoms with van der Waals surface area (Å²) in [6.45, 7) is 4.72. The predicted molar refractivity (Wildman–Crippen MR) is 171 cm³/mol. The Balaban J connectivity index is 1.32. The molecule has 2 rings (SSSR count). The van der Waals surface area contributed by atoms with Crippen LogP contribution in [0.15, 0.2) is 65.8 Å². The summed E-state index contributed by atoms with van der Waals surface area (Å²) in [5.74, 6) is 1.37. The lowest BCUT2D eigenvalue weighted by atomic mass is 9.94. The first-order chi connectivity index (χ1) is 19.2. The van der Waals surface area contributed by atoms with Crippen LogP contribution in [0.3, 0.4) is 0 Å². The van der Waals surface area contributed by atoms with Crippen LogP contribution in [0.1, 0.15) is 165 Å². The summed E-state index contributed by atoms with van der Waals surface area (Å²) in [7, 11) is 0. The molecule has 0 saturated heterocycles. The number of unbranched alkanes of at least 4 members (excludes halogenated alkanes) is 14. The van der Waals surface area contributed by atoms with Gasteiger partial charge in [-0.3, -0.25) is 0 Å². The van der Waals surface area contributed by atoms with Gasteiger partial charge in [-0.2, -0.15) is 0 Å². The number of benzene rings is 2. The molecule has 2 aromatic carbocycles. The van der Waals surface area contributed by atoms with E-state index in [1.807, 2.05) is 0 Å². The fourth-order valence-corrected chi connectivity index (χ4v) is 5.80. The molecular weight excluding hydrogens is 474 g/mol. The second kappa shape index (κ2) is 22.7. The van der Waals surface area contributed by atoms with Crippen LogP contribution in [0, 0.1) is 0 Å². The van der Waals surface area contributed by atoms with Gasteiger partial charge in [-0.25, -0.2) is 0 Å². The normalized spacial score (nSPS) is 12.8. The minimum absolute atomic E-state index is 0.684. The molecular formula is C37H59NO. The van der Waals surface area contributed by atoms with E-state index in [1.165, 1.54) is 127 Å². The van der Waals surface area contributed by atoms with Gasteiger partial charge in [0.25, 0.3) is 0 Å². The standard InChI is InChI=1S/C37H59NO/c1-33(35-27-19-15-20-28-35)25-17-11-7-3-5-9-13-23-31-37(38-39)32-24-14-10-6-4-8-12-18-26-34(2)36-29-21-16-22-30-36/h15-16,19-22,27-30,33-34,39H,3-14,17-18,23-26,31-32H2,1-2H3. The second-order valence-corrected chi connectivity index (χ2v) is 12.0. The Kier molecular flexibility index (Phi) is 19.3. The van der Waals surface area contributed by atoms with E-state index in [-0.39, 0.29) is 0 Å². The predicted octanol–water partition coefficient (Wildman–Crippen LogP) is 12.2. The summed E-state index contributed by atoms with van der Waals surface area (Å²) < 4.78 is 0. The van der Waals surface area contributed by atoms with Crippen molar-refractivity contribution in [3.63, 3.8) is 0 Å². The van der Waals surface area contributed by atoms with E-state index in [0.29, 0.717) is 11.8 Å². The number of hydrogen-bond donors (Lipinski definition) is 1. The highest BCUT2D eigenvalue weighted by molar-refractivity contribution is 5.83. The van der Waals surface area contributed by atoms with E-state index in [1.54, 1.807) is 0 Å². The number of nitrogens with zero attached hydrogens (tertiary/aromatic N) is 1. The molecule has 2 unspecified atom stereocenters. The zero-order chi connectivity index (χ0) is 27.8. The first kappa shape index (κ1) is 33.1. The molecule has 0 radical (unpaired) electrons. The number of rotatable bonds is 24. The lowest BCUT2D eigenvalue weighted by Crippen LogP contribution is -1.99. The summed E-state index contributed by atoms with van der Waals surface area (Å²) in [5, 5.41) is 13.0. The van der Waals surface area contributed by atoms with Gasteiger partial charge in [-0.1, -0.05) is 170 Å². The molecule has 0 spiro atoms. The van der Waals surface area contributed by atoms with Crippen molar-refractivity contribution in [3.8, 4) is 0 Å². The Morgan fingerprint density at radius 3 is 1.13 bits per heavy atom. The van der Waals surface area contributed by atoms with Gasteiger partial charge < -0.3 is 5.21 Å². The first-order valence-corrected chi connectivity index (χ1v) is 16.5. The minimum Gasteiger partial charge on any atom is -0.411 e. The van der Waals surface area contributed by atoms with Crippen molar-refractivity contribution >= 4 is 5.71 Å². The van der Waals surface area contributed by atoms with Crippen LogP contribution in [-0.2, 0) is 0 Å². The Morgan fingerprint density at radius 1 is 0.487 bits per heavy atom. The summed E-state index contributed by atoms with van der Waals surface area (Å²) in [5.41, 5.74) is 3.98. The molecule has 0 aliphatic rings. The smallest absolute Gasteiger partial charge is 0.0570 e. The fourth-order valence-electron chi connectivity index (χ4n) is 5.80. The highest BCUT2D eigenvalue weighted by atomic mass is 16.4. The van der Waals surface area contributed by atoms with Crippen LogP contribution < -0.4 is 0 Å². The molecule has 1 N–H and O–H groups in total. The van der Waals surface area contributed by atoms with Crippen LogP contribution in [0.4, 0.5) is 0 Å². The van der Waals surface area contributed by atoms with E-state index in [4.69, 9.17) is 0 Å². The Labute approximate surface area is 241 Å². The maximum Gasteiger partial charge on any atom is 0.0570 e. The van der Waals surface area contributed by atoms with Crippen molar-refractivity contribution in [2.24, 2.45) is 5.16 Å². The SMILES string of the molecule is CC(CCCCCCCCCCC(CCCCCCCCCCC(C)c1ccccc1)=NO)c1ccccc1. The molecule has 0 amide bonds. The third-order valence-electron chi connectivity index (χ3n) is 8.58. The van der Waals surface area contributed by atoms with Gasteiger partial charge in [-0.05, 0) is 61.5 Å². The molecule has 0 aliphatic heterocycles. The zero-order valence-electron chi connectivity index (χ0n) is 25.5. The molecule has 2 nitrogen and oxygen atoms in total. The lowest BCUT2D eigenvalue weighted by molar-refractivity contribution is 0.315. The van der Waals surface area contributed by atoms with Gasteiger partial charge in [0.2, 0.25) is 0 Å². The first-order valence-electron chi connectivity index (χ1n) is 16.5. The van der Waals surface area contributed by atoms with E-state index in [9.17, 15) is 5.21 Å². The van der Waals surface area contributed by atoms with E-state index in [2.05, 4.69) is 79.7 Å². The van der Waals surface area contributed by atoms with Crippen LogP contribution in [-0.4, -0.2) is 10.9 Å². The molecule has 0 aliphatic carbocycles. The monoisotopic (exact) mass is 533 g/mol. The van der Waals surface area contributed by atoms with Crippen LogP contribution in [0.2, 0.25) is 0 Å². The number of hydrogen-bond acceptors (Lipinski definition) is 2. The third kappa shape index (κ3) is 16.6. The lowest BCUT2D eigenvalue weighted by Gasteiger charge is -2.11. The van der Waals surface area contributed by atoms with Crippen molar-refractivity contribution < 1.29 is 5.21 Å². The Hall–Kier alpha value is -2.09. The third-order valence-corrected chi connectivity index (χ3v) is 8.58. The Bertz CT molecular complexity index is 764. The maximum atomic E-state index is 9.38. The van der Waals surface area contributed by atoms with Gasteiger partial charge in [-0.15, -0.1) is 0 Å². The van der Waals surface area contributed by atoms with Crippen molar-refractivity contribution in [1.82, 2.24) is 0 Å². The van der Waals surface area contributed by atoms with Gasteiger partial charge in [0, 0.05) is 0 Å². The maximum absolute atomic E-state index is 9.38. The molecule has 39 heavy (non-hydrogen) atoms. The molecule has 2 aromatic rings. The molecule has 0 fully saturated rings. The van der Waals surface area contributed by atoms with Crippen molar-refractivity contribution in [2.45, 2.75) is 154 Å². The largest absolute Gasteiger partial charge is 0.411 e. The highest BCUT2D eigenvalue weighted by Gasteiger charge is 2.06. The topological polar surface area (TPSA) is 32.6 Å². The summed E-state index contributed by atoms with van der Waals surface area (Å²) in [6, 6.07) is 21.9. The highest BCUT2D eigenvalue weighted by Crippen LogP contribution is 2.23. The van der Waals surface area contributed by atoms with Gasteiger partial charge in [0.1, 0.15) is 0 Å². The van der Waals surface area contributed by atoms with Crippen LogP contribution >= 0.6 is 0 Å². The molecule has 2 atom stereocenters. The van der Waals surface area contributed by atoms with Gasteiger partial charge in [0.15, 0.2) is 0 Å². The molecule has 0 bridgehead atoms. The van der Waals surface area contributed by atoms with Crippen LogP contribution in [0.5, 0.6) is 0 Å². The molecule has 0 heterocycles. The van der Waals surface area contributed by atoms with Crippen molar-refractivity contribution in [3.05, 3.63) is 71.8 Å². The minimum atomic E-state index is 0.684. The van der Waals surface area contributed by atoms with Gasteiger partial charge in [0.05, 0.1) is 5.71 Å². The van der Waals surface area contributed by atoms with Crippen LogP contribution in [0.25, 0.3) is 0 Å². The Morgan fingerprint density at radius 2 is 0.795 bits per heavy atom. The van der Waals surface area contributed by atoms with E-state index < -0.39 is 0 Å². The zero-order valence-corrected chi connectivity index (χ0v) is 25.5. The molecule has 218 valence electrons. The van der Waals surface area contributed by atoms with E-state index in [0.717, 1.165) is 18.6 Å². The van der Waals surface area contributed by atoms with E-state index >= 15 is 0 Å². The summed E-state index contributed by atoms with van der Waals surface area (Å²) in [6.07, 6.45) is 25.7. The fraction of sp³-hybridized carbons (Fsp3) is 0.649. The van der Waals surface area contributed by atoms with Crippen molar-refractivity contribution in [1.29, 1.82) is 0 Å². The van der Waals surface area contributed by atoms with Crippen molar-refractivity contribution in [2.75, 3.05) is 0 Å². The summed E-state index contributed by atoms with van der Waals surface area (Å²) >= 11 is 0. The average molecular weight is 534 g/mol. The quantitative estimate of drug-likeness (QED) is 0.0618. The number of oxime groups is 1. The molecule has 0 aromatic heterocycles. The molecule has 0 saturated carbocycles. The molecule has 2 heteroatoms. The van der Waals surface area contributed by atoms with Gasteiger partial charge >= 0.3 is 0 Å². The summed E-state index contributed by atoms with van der Waals surface area (Å²) in [4.78, 5) is 0.